The van der Waals surface area contributed by atoms with Gasteiger partial charge in [-0.1, -0.05) is 6.92 Å². The number of hydrogen-bond donors (Lipinski definition) is 2. The molecule has 1 unspecified atom stereocenters. The summed E-state index contributed by atoms with van der Waals surface area (Å²) in [5.41, 5.74) is 5.47. The zero-order chi connectivity index (χ0) is 13.0. The molecule has 0 radical (unpaired) electrons. The molecule has 1 aliphatic heterocycles. The highest BCUT2D eigenvalue weighted by Crippen LogP contribution is 2.19. The Hall–Kier alpha value is -0.650. The predicted octanol–water partition coefficient (Wildman–Crippen LogP) is -0.380. The van der Waals surface area contributed by atoms with Gasteiger partial charge in [0, 0.05) is 38.8 Å². The van der Waals surface area contributed by atoms with Crippen LogP contribution in [-0.4, -0.2) is 67.1 Å². The summed E-state index contributed by atoms with van der Waals surface area (Å²) in [6, 6.07) is 0.360. The van der Waals surface area contributed by atoms with Crippen molar-refractivity contribution >= 4 is 5.91 Å². The predicted molar refractivity (Wildman–Crippen MR) is 72.3 cm³/mol. The molecule has 5 heteroatoms. The van der Waals surface area contributed by atoms with Crippen molar-refractivity contribution in [1.29, 1.82) is 0 Å². The Labute approximate surface area is 110 Å². The lowest BCUT2D eigenvalue weighted by Crippen LogP contribution is -2.54. The van der Waals surface area contributed by atoms with E-state index in [1.165, 1.54) is 25.8 Å². The average molecular weight is 254 g/mol. The molecule has 1 heterocycles. The minimum atomic E-state index is -0.210. The number of carbonyl (C=O) groups is 1. The second kappa shape index (κ2) is 6.50. The van der Waals surface area contributed by atoms with E-state index in [0.29, 0.717) is 6.04 Å². The number of nitrogens with two attached hydrogens (primary N) is 1. The van der Waals surface area contributed by atoms with Gasteiger partial charge < -0.3 is 16.0 Å². The number of nitrogens with one attached hydrogen (secondary N) is 1. The molecule has 0 aromatic carbocycles. The lowest BCUT2D eigenvalue weighted by molar-refractivity contribution is -0.120. The smallest absolute Gasteiger partial charge is 0.235 e. The number of carbonyl (C=O) groups excluding carboxylic acids is 1. The number of rotatable bonds is 7. The number of amides is 1. The third-order valence-electron chi connectivity index (χ3n) is 3.80. The molecule has 1 saturated carbocycles. The van der Waals surface area contributed by atoms with Crippen molar-refractivity contribution in [2.24, 2.45) is 5.73 Å². The van der Waals surface area contributed by atoms with Gasteiger partial charge in [0.2, 0.25) is 5.91 Å². The van der Waals surface area contributed by atoms with Gasteiger partial charge in [-0.25, -0.2) is 0 Å². The molecule has 3 N–H and O–H groups in total. The maximum absolute atomic E-state index is 11.4. The minimum Gasteiger partial charge on any atom is -0.368 e. The summed E-state index contributed by atoms with van der Waals surface area (Å²) in [4.78, 5) is 16.3. The Balaban J connectivity index is 1.72. The first kappa shape index (κ1) is 13.8. The summed E-state index contributed by atoms with van der Waals surface area (Å²) in [5.74, 6) is -0.210. The van der Waals surface area contributed by atoms with Crippen molar-refractivity contribution in [1.82, 2.24) is 15.1 Å². The zero-order valence-corrected chi connectivity index (χ0v) is 11.4. The first-order chi connectivity index (χ1) is 8.69. The minimum absolute atomic E-state index is 0.171. The molecule has 0 aromatic heterocycles. The fraction of sp³-hybridized carbons (Fsp3) is 0.923. The van der Waals surface area contributed by atoms with Crippen LogP contribution in [0.3, 0.4) is 0 Å². The first-order valence-corrected chi connectivity index (χ1v) is 7.19. The SMILES string of the molecule is CCCN1CCN(CC(NC2CC2)C(N)=O)CC1. The van der Waals surface area contributed by atoms with Crippen LogP contribution < -0.4 is 11.1 Å². The van der Waals surface area contributed by atoms with Crippen LogP contribution in [-0.2, 0) is 4.79 Å². The van der Waals surface area contributed by atoms with E-state index >= 15 is 0 Å². The summed E-state index contributed by atoms with van der Waals surface area (Å²) in [6.45, 7) is 8.51. The quantitative estimate of drug-likeness (QED) is 0.650. The molecule has 2 fully saturated rings. The van der Waals surface area contributed by atoms with Gasteiger partial charge in [-0.3, -0.25) is 9.69 Å². The maximum atomic E-state index is 11.4. The normalized spacial score (nSPS) is 24.1. The van der Waals surface area contributed by atoms with Crippen LogP contribution in [0.25, 0.3) is 0 Å². The van der Waals surface area contributed by atoms with Gasteiger partial charge in [0.05, 0.1) is 6.04 Å². The van der Waals surface area contributed by atoms with Crippen molar-refractivity contribution < 1.29 is 4.79 Å². The molecule has 104 valence electrons. The molecule has 1 saturated heterocycles. The Bertz CT molecular complexity index is 272. The van der Waals surface area contributed by atoms with Gasteiger partial charge in [0.15, 0.2) is 0 Å². The summed E-state index contributed by atoms with van der Waals surface area (Å²) in [6.07, 6.45) is 3.59. The lowest BCUT2D eigenvalue weighted by atomic mass is 10.2. The Kier molecular flexibility index (Phi) is 4.97. The average Bonchev–Trinajstić information content (AvgIpc) is 3.15. The van der Waals surface area contributed by atoms with Gasteiger partial charge in [0.25, 0.3) is 0 Å². The van der Waals surface area contributed by atoms with E-state index < -0.39 is 0 Å². The second-order valence-electron chi connectivity index (χ2n) is 5.54. The molecule has 2 rings (SSSR count). The van der Waals surface area contributed by atoms with Gasteiger partial charge in [-0.2, -0.15) is 0 Å². The van der Waals surface area contributed by atoms with E-state index in [1.807, 2.05) is 0 Å². The second-order valence-corrected chi connectivity index (χ2v) is 5.54. The van der Waals surface area contributed by atoms with Crippen LogP contribution in [0.1, 0.15) is 26.2 Å². The highest BCUT2D eigenvalue weighted by atomic mass is 16.1. The van der Waals surface area contributed by atoms with Crippen LogP contribution in [0.4, 0.5) is 0 Å². The van der Waals surface area contributed by atoms with E-state index in [0.717, 1.165) is 32.7 Å². The summed E-state index contributed by atoms with van der Waals surface area (Å²) in [7, 11) is 0. The molecule has 1 aliphatic carbocycles. The van der Waals surface area contributed by atoms with Crippen molar-refractivity contribution in [3.8, 4) is 0 Å². The molecule has 18 heavy (non-hydrogen) atoms. The molecule has 5 nitrogen and oxygen atoms in total. The van der Waals surface area contributed by atoms with Crippen molar-refractivity contribution in [3.05, 3.63) is 0 Å². The molecular formula is C13H26N4O. The van der Waals surface area contributed by atoms with Gasteiger partial charge in [-0.15, -0.1) is 0 Å². The van der Waals surface area contributed by atoms with E-state index in [-0.39, 0.29) is 11.9 Å². The third kappa shape index (κ3) is 4.23. The highest BCUT2D eigenvalue weighted by Gasteiger charge is 2.29. The molecule has 1 atom stereocenters. The largest absolute Gasteiger partial charge is 0.368 e. The van der Waals surface area contributed by atoms with Crippen molar-refractivity contribution in [3.63, 3.8) is 0 Å². The molecule has 2 aliphatic rings. The fourth-order valence-corrected chi connectivity index (χ4v) is 2.53. The number of piperazine rings is 1. The zero-order valence-electron chi connectivity index (χ0n) is 11.4. The summed E-state index contributed by atoms with van der Waals surface area (Å²) in [5, 5.41) is 3.34. The first-order valence-electron chi connectivity index (χ1n) is 7.19. The number of hydrogen-bond acceptors (Lipinski definition) is 4. The van der Waals surface area contributed by atoms with Crippen LogP contribution in [0.15, 0.2) is 0 Å². The van der Waals surface area contributed by atoms with E-state index in [1.54, 1.807) is 0 Å². The van der Waals surface area contributed by atoms with Gasteiger partial charge in [0.1, 0.15) is 0 Å². The third-order valence-corrected chi connectivity index (χ3v) is 3.80. The van der Waals surface area contributed by atoms with Crippen molar-refractivity contribution in [2.45, 2.75) is 38.3 Å². The van der Waals surface area contributed by atoms with E-state index in [9.17, 15) is 4.79 Å². The Morgan fingerprint density at radius 3 is 2.39 bits per heavy atom. The lowest BCUT2D eigenvalue weighted by Gasteiger charge is -2.36. The van der Waals surface area contributed by atoms with Crippen LogP contribution >= 0.6 is 0 Å². The summed E-state index contributed by atoms with van der Waals surface area (Å²) < 4.78 is 0. The van der Waals surface area contributed by atoms with Crippen LogP contribution in [0.2, 0.25) is 0 Å². The molecule has 0 bridgehead atoms. The Morgan fingerprint density at radius 2 is 1.89 bits per heavy atom. The maximum Gasteiger partial charge on any atom is 0.235 e. The topological polar surface area (TPSA) is 61.6 Å². The Morgan fingerprint density at radius 1 is 1.28 bits per heavy atom. The number of nitrogens with zero attached hydrogens (tertiary/aromatic N) is 2. The summed E-state index contributed by atoms with van der Waals surface area (Å²) >= 11 is 0. The monoisotopic (exact) mass is 254 g/mol. The van der Waals surface area contributed by atoms with E-state index in [4.69, 9.17) is 5.73 Å². The molecule has 0 aromatic rings. The molecular weight excluding hydrogens is 228 g/mol. The number of primary amides is 1. The standard InChI is InChI=1S/C13H26N4O/c1-2-5-16-6-8-17(9-7-16)10-12(13(14)18)15-11-3-4-11/h11-12,15H,2-10H2,1H3,(H2,14,18). The fourth-order valence-electron chi connectivity index (χ4n) is 2.53. The van der Waals surface area contributed by atoms with Crippen molar-refractivity contribution in [2.75, 3.05) is 39.3 Å². The van der Waals surface area contributed by atoms with Crippen LogP contribution in [0, 0.1) is 0 Å². The van der Waals surface area contributed by atoms with E-state index in [2.05, 4.69) is 22.0 Å². The molecule has 1 amide bonds. The van der Waals surface area contributed by atoms with Crippen LogP contribution in [0.5, 0.6) is 0 Å². The van der Waals surface area contributed by atoms with Gasteiger partial charge in [-0.05, 0) is 25.8 Å². The highest BCUT2D eigenvalue weighted by molar-refractivity contribution is 5.80. The molecule has 0 spiro atoms. The van der Waals surface area contributed by atoms with Gasteiger partial charge >= 0.3 is 0 Å².